The van der Waals surface area contributed by atoms with Gasteiger partial charge in [-0.25, -0.2) is 4.98 Å². The smallest absolute Gasteiger partial charge is 0.262 e. The van der Waals surface area contributed by atoms with Crippen molar-refractivity contribution in [3.63, 3.8) is 0 Å². The van der Waals surface area contributed by atoms with Gasteiger partial charge in [-0.2, -0.15) is 0 Å². The molecule has 27 heavy (non-hydrogen) atoms. The van der Waals surface area contributed by atoms with Gasteiger partial charge in [-0.05, 0) is 50.0 Å². The third-order valence-electron chi connectivity index (χ3n) is 5.95. The average molecular weight is 406 g/mol. The van der Waals surface area contributed by atoms with Crippen LogP contribution in [-0.2, 0) is 24.7 Å². The summed E-state index contributed by atoms with van der Waals surface area (Å²) in [6.45, 7) is 2.22. The van der Waals surface area contributed by atoms with Crippen molar-refractivity contribution < 1.29 is 4.79 Å². The van der Waals surface area contributed by atoms with Gasteiger partial charge in [0.05, 0.1) is 11.1 Å². The number of aryl methyl sites for hydroxylation is 2. The third-order valence-corrected chi connectivity index (χ3v) is 8.16. The van der Waals surface area contributed by atoms with Gasteiger partial charge in [0.15, 0.2) is 5.16 Å². The van der Waals surface area contributed by atoms with Crippen molar-refractivity contribution in [1.29, 1.82) is 0 Å². The number of amides is 1. The van der Waals surface area contributed by atoms with E-state index < -0.39 is 0 Å². The molecule has 1 N–H and O–H groups in total. The molecular formula is C20H27N3O2S2. The molecule has 1 fully saturated rings. The topological polar surface area (TPSA) is 64.0 Å². The summed E-state index contributed by atoms with van der Waals surface area (Å²) in [7, 11) is 1.77. The molecule has 4 rings (SSSR count). The lowest BCUT2D eigenvalue weighted by atomic mass is 9.86. The second kappa shape index (κ2) is 7.95. The monoisotopic (exact) mass is 405 g/mol. The van der Waals surface area contributed by atoms with E-state index in [0.29, 0.717) is 16.8 Å². The minimum atomic E-state index is 0.0308. The highest BCUT2D eigenvalue weighted by Gasteiger charge is 2.24. The Labute approximate surface area is 167 Å². The molecule has 0 radical (unpaired) electrons. The van der Waals surface area contributed by atoms with Gasteiger partial charge in [0.25, 0.3) is 5.56 Å². The largest absolute Gasteiger partial charge is 0.352 e. The van der Waals surface area contributed by atoms with Crippen LogP contribution in [0.1, 0.15) is 55.9 Å². The van der Waals surface area contributed by atoms with Gasteiger partial charge < -0.3 is 5.32 Å². The Morgan fingerprint density at radius 2 is 2.04 bits per heavy atom. The van der Waals surface area contributed by atoms with Gasteiger partial charge >= 0.3 is 0 Å². The van der Waals surface area contributed by atoms with Gasteiger partial charge in [0.2, 0.25) is 5.91 Å². The van der Waals surface area contributed by atoms with Gasteiger partial charge in [-0.15, -0.1) is 11.3 Å². The predicted molar refractivity (Wildman–Crippen MR) is 112 cm³/mol. The normalized spacial score (nSPS) is 22.6. The third kappa shape index (κ3) is 3.81. The van der Waals surface area contributed by atoms with E-state index in [1.54, 1.807) is 23.0 Å². The van der Waals surface area contributed by atoms with E-state index in [0.717, 1.165) is 35.9 Å². The van der Waals surface area contributed by atoms with E-state index in [1.807, 2.05) is 0 Å². The molecule has 146 valence electrons. The van der Waals surface area contributed by atoms with Crippen molar-refractivity contribution in [2.24, 2.45) is 13.0 Å². The zero-order valence-corrected chi connectivity index (χ0v) is 17.7. The number of rotatable bonds is 4. The first kappa shape index (κ1) is 19.0. The molecule has 2 aliphatic rings. The summed E-state index contributed by atoms with van der Waals surface area (Å²) in [6.07, 6.45) is 9.11. The number of nitrogens with one attached hydrogen (secondary N) is 1. The van der Waals surface area contributed by atoms with Crippen LogP contribution in [0.5, 0.6) is 0 Å². The SMILES string of the molecule is C[C@H]1CCCC[C@@H]1NC(=O)CSc1nc2sc3c(c2c(=O)n1C)CCCC3. The number of fused-ring (bicyclic) bond motifs is 3. The van der Waals surface area contributed by atoms with Crippen LogP contribution < -0.4 is 10.9 Å². The lowest BCUT2D eigenvalue weighted by Gasteiger charge is -2.29. The molecular weight excluding hydrogens is 378 g/mol. The lowest BCUT2D eigenvalue weighted by Crippen LogP contribution is -2.41. The first-order valence-electron chi connectivity index (χ1n) is 9.98. The van der Waals surface area contributed by atoms with Crippen molar-refractivity contribution in [2.45, 2.75) is 69.5 Å². The quantitative estimate of drug-likeness (QED) is 0.623. The molecule has 1 saturated carbocycles. The van der Waals surface area contributed by atoms with Gasteiger partial charge in [-0.3, -0.25) is 14.2 Å². The van der Waals surface area contributed by atoms with E-state index in [9.17, 15) is 9.59 Å². The van der Waals surface area contributed by atoms with Crippen molar-refractivity contribution in [1.82, 2.24) is 14.9 Å². The van der Waals surface area contributed by atoms with Crippen LogP contribution in [0.4, 0.5) is 0 Å². The fraction of sp³-hybridized carbons (Fsp3) is 0.650. The first-order valence-corrected chi connectivity index (χ1v) is 11.8. The standard InChI is InChI=1S/C20H27N3O2S2/c1-12-7-3-5-9-14(12)21-16(24)11-26-20-22-18-17(19(25)23(20)2)13-8-4-6-10-15(13)27-18/h12,14H,3-11H2,1-2H3,(H,21,24)/t12-,14-/m0/s1. The van der Waals surface area contributed by atoms with Crippen molar-refractivity contribution in [3.05, 3.63) is 20.8 Å². The summed E-state index contributed by atoms with van der Waals surface area (Å²) >= 11 is 3.03. The summed E-state index contributed by atoms with van der Waals surface area (Å²) < 4.78 is 1.62. The van der Waals surface area contributed by atoms with E-state index in [4.69, 9.17) is 4.98 Å². The molecule has 2 aliphatic carbocycles. The van der Waals surface area contributed by atoms with E-state index >= 15 is 0 Å². The summed E-state index contributed by atoms with van der Waals surface area (Å²) in [5.41, 5.74) is 1.25. The number of carbonyl (C=O) groups is 1. The van der Waals surface area contributed by atoms with Crippen LogP contribution >= 0.6 is 23.1 Å². The minimum absolute atomic E-state index is 0.0308. The number of thioether (sulfide) groups is 1. The molecule has 0 unspecified atom stereocenters. The Kier molecular flexibility index (Phi) is 5.60. The number of hydrogen-bond acceptors (Lipinski definition) is 5. The number of nitrogens with zero attached hydrogens (tertiary/aromatic N) is 2. The number of carbonyl (C=O) groups excluding carboxylic acids is 1. The molecule has 0 bridgehead atoms. The van der Waals surface area contributed by atoms with Crippen molar-refractivity contribution in [2.75, 3.05) is 5.75 Å². The van der Waals surface area contributed by atoms with E-state index in [1.165, 1.54) is 47.9 Å². The first-order chi connectivity index (χ1) is 13.0. The van der Waals surface area contributed by atoms with Crippen molar-refractivity contribution in [3.8, 4) is 0 Å². The van der Waals surface area contributed by atoms with Crippen LogP contribution in [0.15, 0.2) is 9.95 Å². The molecule has 5 nitrogen and oxygen atoms in total. The maximum absolute atomic E-state index is 12.9. The molecule has 2 aromatic rings. The van der Waals surface area contributed by atoms with Crippen LogP contribution in [0.3, 0.4) is 0 Å². The highest BCUT2D eigenvalue weighted by atomic mass is 32.2. The number of aromatic nitrogens is 2. The fourth-order valence-electron chi connectivity index (χ4n) is 4.31. The van der Waals surface area contributed by atoms with Gasteiger partial charge in [0, 0.05) is 18.0 Å². The molecule has 0 aliphatic heterocycles. The van der Waals surface area contributed by atoms with Crippen LogP contribution in [0.2, 0.25) is 0 Å². The Balaban J connectivity index is 1.50. The Bertz CT molecular complexity index is 918. The predicted octanol–water partition coefficient (Wildman–Crippen LogP) is 3.66. The molecule has 0 saturated heterocycles. The Morgan fingerprint density at radius 3 is 2.85 bits per heavy atom. The summed E-state index contributed by atoms with van der Waals surface area (Å²) in [5.74, 6) is 0.891. The van der Waals surface area contributed by atoms with E-state index in [2.05, 4.69) is 12.2 Å². The van der Waals surface area contributed by atoms with E-state index in [-0.39, 0.29) is 17.5 Å². The lowest BCUT2D eigenvalue weighted by molar-refractivity contribution is -0.119. The number of hydrogen-bond donors (Lipinski definition) is 1. The van der Waals surface area contributed by atoms with Crippen molar-refractivity contribution >= 4 is 39.2 Å². The molecule has 2 atom stereocenters. The summed E-state index contributed by atoms with van der Waals surface area (Å²) in [4.78, 5) is 32.2. The maximum atomic E-state index is 12.9. The fourth-order valence-corrected chi connectivity index (χ4v) is 6.39. The Hall–Kier alpha value is -1.34. The molecule has 0 spiro atoms. The highest BCUT2D eigenvalue weighted by Crippen LogP contribution is 2.34. The van der Waals surface area contributed by atoms with Gasteiger partial charge in [-0.1, -0.05) is 31.5 Å². The molecule has 1 amide bonds. The molecule has 2 heterocycles. The molecule has 0 aromatic carbocycles. The Morgan fingerprint density at radius 1 is 1.26 bits per heavy atom. The maximum Gasteiger partial charge on any atom is 0.262 e. The van der Waals surface area contributed by atoms with Gasteiger partial charge in [0.1, 0.15) is 4.83 Å². The minimum Gasteiger partial charge on any atom is -0.352 e. The molecule has 7 heteroatoms. The number of thiophene rings is 1. The second-order valence-electron chi connectivity index (χ2n) is 7.87. The summed E-state index contributed by atoms with van der Waals surface area (Å²) in [5, 5.41) is 4.62. The van der Waals surface area contributed by atoms with Crippen LogP contribution in [0.25, 0.3) is 10.2 Å². The van der Waals surface area contributed by atoms with Crippen LogP contribution in [-0.4, -0.2) is 27.3 Å². The summed E-state index contributed by atoms with van der Waals surface area (Å²) in [6, 6.07) is 0.287. The zero-order chi connectivity index (χ0) is 19.0. The van der Waals surface area contributed by atoms with Crippen LogP contribution in [0, 0.1) is 5.92 Å². The average Bonchev–Trinajstić information content (AvgIpc) is 3.04. The second-order valence-corrected chi connectivity index (χ2v) is 9.90. The zero-order valence-electron chi connectivity index (χ0n) is 16.0. The molecule has 2 aromatic heterocycles. The highest BCUT2D eigenvalue weighted by molar-refractivity contribution is 7.99.